The Morgan fingerprint density at radius 1 is 1.17 bits per heavy atom. The highest BCUT2D eigenvalue weighted by Crippen LogP contribution is 2.26. The molecule has 0 fully saturated rings. The van der Waals surface area contributed by atoms with Gasteiger partial charge >= 0.3 is 0 Å². The molecule has 6 heteroatoms. The number of hydrogen-bond acceptors (Lipinski definition) is 3. The second-order valence-electron chi connectivity index (χ2n) is 6.49. The summed E-state index contributed by atoms with van der Waals surface area (Å²) in [7, 11) is 0. The minimum absolute atomic E-state index is 0.452. The van der Waals surface area contributed by atoms with E-state index < -0.39 is 17.2 Å². The number of rotatable bonds is 3. The van der Waals surface area contributed by atoms with Crippen LogP contribution in [0, 0.1) is 18.6 Å². The molecule has 1 aromatic carbocycles. The summed E-state index contributed by atoms with van der Waals surface area (Å²) in [6, 6.07) is 5.66. The molecule has 3 aromatic rings. The molecule has 0 bridgehead atoms. The molecule has 2 N–H and O–H groups in total. The number of imidazole rings is 1. The summed E-state index contributed by atoms with van der Waals surface area (Å²) in [5.74, 6) is -1.27. The molecule has 0 aliphatic carbocycles. The van der Waals surface area contributed by atoms with Gasteiger partial charge in [-0.25, -0.2) is 18.7 Å². The summed E-state index contributed by atoms with van der Waals surface area (Å²) >= 11 is 0. The van der Waals surface area contributed by atoms with Crippen molar-refractivity contribution in [3.63, 3.8) is 0 Å². The Labute approximate surface area is 133 Å². The lowest BCUT2D eigenvalue weighted by molar-refractivity contribution is 0.441. The zero-order valence-electron chi connectivity index (χ0n) is 13.3. The lowest BCUT2D eigenvalue weighted by Crippen LogP contribution is -2.37. The largest absolute Gasteiger partial charge is 0.324 e. The molecule has 23 heavy (non-hydrogen) atoms. The molecule has 2 aromatic heterocycles. The molecule has 0 aliphatic rings. The highest BCUT2D eigenvalue weighted by atomic mass is 19.2. The lowest BCUT2D eigenvalue weighted by atomic mass is 10.1. The highest BCUT2D eigenvalue weighted by molar-refractivity contribution is 5.77. The van der Waals surface area contributed by atoms with Gasteiger partial charge in [-0.05, 0) is 50.6 Å². The lowest BCUT2D eigenvalue weighted by Gasteiger charge is -2.21. The van der Waals surface area contributed by atoms with E-state index in [1.807, 2.05) is 31.4 Å². The van der Waals surface area contributed by atoms with Crippen LogP contribution in [-0.4, -0.2) is 20.1 Å². The maximum atomic E-state index is 13.6. The van der Waals surface area contributed by atoms with Gasteiger partial charge in [0, 0.05) is 23.8 Å². The average molecular weight is 316 g/mol. The van der Waals surface area contributed by atoms with Crippen molar-refractivity contribution in [2.24, 2.45) is 5.73 Å². The van der Waals surface area contributed by atoms with Gasteiger partial charge in [0.2, 0.25) is 0 Å². The number of fused-ring (bicyclic) bond motifs is 1. The van der Waals surface area contributed by atoms with Crippen LogP contribution in [-0.2, 0) is 6.54 Å². The summed E-state index contributed by atoms with van der Waals surface area (Å²) in [6.45, 7) is 6.16. The molecule has 0 aliphatic heterocycles. The maximum absolute atomic E-state index is 13.6. The van der Waals surface area contributed by atoms with Crippen LogP contribution in [0.25, 0.3) is 22.6 Å². The van der Waals surface area contributed by atoms with Crippen molar-refractivity contribution in [1.82, 2.24) is 14.5 Å². The molecular formula is C17H18F2N4. The standard InChI is InChI=1S/C17H18F2N4/c1-10-6-14-16(21-8-10)23(9-17(2,3)20)15(22-14)11-4-5-12(18)13(19)7-11/h4-8H,9,20H2,1-3H3. The SMILES string of the molecule is Cc1cnc2c(c1)nc(-c1ccc(F)c(F)c1)n2CC(C)(C)N. The summed E-state index contributed by atoms with van der Waals surface area (Å²) < 4.78 is 28.7. The molecule has 0 amide bonds. The maximum Gasteiger partial charge on any atom is 0.160 e. The minimum Gasteiger partial charge on any atom is -0.324 e. The quantitative estimate of drug-likeness (QED) is 0.805. The third kappa shape index (κ3) is 3.07. The third-order valence-electron chi connectivity index (χ3n) is 3.47. The molecule has 0 radical (unpaired) electrons. The second kappa shape index (κ2) is 5.38. The number of nitrogens with two attached hydrogens (primary N) is 1. The fourth-order valence-corrected chi connectivity index (χ4v) is 2.52. The van der Waals surface area contributed by atoms with Crippen molar-refractivity contribution in [3.8, 4) is 11.4 Å². The highest BCUT2D eigenvalue weighted by Gasteiger charge is 2.20. The smallest absolute Gasteiger partial charge is 0.160 e. The monoisotopic (exact) mass is 316 g/mol. The van der Waals surface area contributed by atoms with E-state index in [1.54, 1.807) is 6.20 Å². The molecule has 4 nitrogen and oxygen atoms in total. The van der Waals surface area contributed by atoms with E-state index in [4.69, 9.17) is 5.73 Å². The van der Waals surface area contributed by atoms with E-state index in [-0.39, 0.29) is 0 Å². The molecule has 0 unspecified atom stereocenters. The van der Waals surface area contributed by atoms with Gasteiger partial charge in [0.05, 0.1) is 0 Å². The summed E-state index contributed by atoms with van der Waals surface area (Å²) in [5.41, 5.74) is 8.48. The number of aromatic nitrogens is 3. The Bertz CT molecular complexity index is 878. The van der Waals surface area contributed by atoms with E-state index in [2.05, 4.69) is 9.97 Å². The van der Waals surface area contributed by atoms with Crippen molar-refractivity contribution >= 4 is 11.2 Å². The molecular weight excluding hydrogens is 298 g/mol. The fraction of sp³-hybridized carbons (Fsp3) is 0.294. The third-order valence-corrected chi connectivity index (χ3v) is 3.47. The van der Waals surface area contributed by atoms with Gasteiger partial charge in [-0.3, -0.25) is 0 Å². The second-order valence-corrected chi connectivity index (χ2v) is 6.49. The van der Waals surface area contributed by atoms with Gasteiger partial charge in [-0.15, -0.1) is 0 Å². The summed E-state index contributed by atoms with van der Waals surface area (Å²) in [4.78, 5) is 8.98. The van der Waals surface area contributed by atoms with Crippen molar-refractivity contribution in [3.05, 3.63) is 47.7 Å². The molecule has 120 valence electrons. The van der Waals surface area contributed by atoms with Crippen LogP contribution >= 0.6 is 0 Å². The van der Waals surface area contributed by atoms with E-state index in [9.17, 15) is 8.78 Å². The Balaban J connectivity index is 2.25. The number of pyridine rings is 1. The molecule has 0 saturated heterocycles. The first-order valence-corrected chi connectivity index (χ1v) is 7.32. The van der Waals surface area contributed by atoms with E-state index in [0.29, 0.717) is 29.1 Å². The van der Waals surface area contributed by atoms with Crippen molar-refractivity contribution in [2.75, 3.05) is 0 Å². The Morgan fingerprint density at radius 3 is 2.57 bits per heavy atom. The van der Waals surface area contributed by atoms with Crippen molar-refractivity contribution in [1.29, 1.82) is 0 Å². The van der Waals surface area contributed by atoms with Gasteiger partial charge < -0.3 is 10.3 Å². The van der Waals surface area contributed by atoms with Crippen LogP contribution < -0.4 is 5.73 Å². The summed E-state index contributed by atoms with van der Waals surface area (Å²) in [5, 5.41) is 0. The van der Waals surface area contributed by atoms with Crippen LogP contribution in [0.2, 0.25) is 0 Å². The van der Waals surface area contributed by atoms with E-state index >= 15 is 0 Å². The first kappa shape index (κ1) is 15.6. The predicted octanol–water partition coefficient (Wildman–Crippen LogP) is 3.42. The predicted molar refractivity (Wildman–Crippen MR) is 85.9 cm³/mol. The van der Waals surface area contributed by atoms with Gasteiger partial charge in [0.15, 0.2) is 17.3 Å². The van der Waals surface area contributed by atoms with Crippen LogP contribution in [0.15, 0.2) is 30.5 Å². The van der Waals surface area contributed by atoms with Gasteiger partial charge in [-0.1, -0.05) is 0 Å². The van der Waals surface area contributed by atoms with Crippen LogP contribution in [0.3, 0.4) is 0 Å². The zero-order chi connectivity index (χ0) is 16.8. The normalized spacial score (nSPS) is 12.1. The van der Waals surface area contributed by atoms with E-state index in [0.717, 1.165) is 17.7 Å². The topological polar surface area (TPSA) is 56.7 Å². The van der Waals surface area contributed by atoms with Gasteiger partial charge in [-0.2, -0.15) is 0 Å². The summed E-state index contributed by atoms with van der Waals surface area (Å²) in [6.07, 6.45) is 1.75. The van der Waals surface area contributed by atoms with Crippen molar-refractivity contribution < 1.29 is 8.78 Å². The Kier molecular flexibility index (Phi) is 3.64. The number of nitrogens with zero attached hydrogens (tertiary/aromatic N) is 3. The molecule has 3 rings (SSSR count). The molecule has 0 saturated carbocycles. The average Bonchev–Trinajstić information content (AvgIpc) is 2.78. The fourth-order valence-electron chi connectivity index (χ4n) is 2.52. The number of benzene rings is 1. The first-order valence-electron chi connectivity index (χ1n) is 7.32. The van der Waals surface area contributed by atoms with Crippen LogP contribution in [0.1, 0.15) is 19.4 Å². The van der Waals surface area contributed by atoms with Crippen molar-refractivity contribution in [2.45, 2.75) is 32.9 Å². The molecule has 0 spiro atoms. The minimum atomic E-state index is -0.905. The van der Waals surface area contributed by atoms with Crippen LogP contribution in [0.4, 0.5) is 8.78 Å². The number of aryl methyl sites for hydroxylation is 1. The first-order chi connectivity index (χ1) is 10.7. The molecule has 2 heterocycles. The van der Waals surface area contributed by atoms with Crippen LogP contribution in [0.5, 0.6) is 0 Å². The Morgan fingerprint density at radius 2 is 1.91 bits per heavy atom. The number of hydrogen-bond donors (Lipinski definition) is 1. The zero-order valence-corrected chi connectivity index (χ0v) is 13.3. The molecule has 0 atom stereocenters. The van der Waals surface area contributed by atoms with Gasteiger partial charge in [0.25, 0.3) is 0 Å². The Hall–Kier alpha value is -2.34. The van der Waals surface area contributed by atoms with Gasteiger partial charge in [0.1, 0.15) is 11.3 Å². The van der Waals surface area contributed by atoms with E-state index in [1.165, 1.54) is 6.07 Å². The number of halogens is 2.